The van der Waals surface area contributed by atoms with Crippen LogP contribution in [0.5, 0.6) is 0 Å². The summed E-state index contributed by atoms with van der Waals surface area (Å²) in [7, 11) is 0. The lowest BCUT2D eigenvalue weighted by Gasteiger charge is -2.10. The molecule has 0 aliphatic rings. The van der Waals surface area contributed by atoms with E-state index in [-0.39, 0.29) is 6.61 Å². The number of nitrogens with one attached hydrogen (secondary N) is 1. The van der Waals surface area contributed by atoms with E-state index in [9.17, 15) is 5.11 Å². The summed E-state index contributed by atoms with van der Waals surface area (Å²) in [5.41, 5.74) is 3.82. The molecule has 102 valence electrons. The van der Waals surface area contributed by atoms with Crippen molar-refractivity contribution in [1.82, 2.24) is 9.38 Å². The van der Waals surface area contributed by atoms with E-state index in [1.165, 1.54) is 0 Å². The monoisotopic (exact) mass is 331 g/mol. The summed E-state index contributed by atoms with van der Waals surface area (Å²) < 4.78 is 3.05. The Morgan fingerprint density at radius 2 is 2.05 bits per heavy atom. The van der Waals surface area contributed by atoms with Gasteiger partial charge in [-0.2, -0.15) is 0 Å². The number of imidazole rings is 1. The summed E-state index contributed by atoms with van der Waals surface area (Å²) in [6.45, 7) is 0.677. The van der Waals surface area contributed by atoms with Crippen LogP contribution in [-0.2, 0) is 13.2 Å². The predicted molar refractivity (Wildman–Crippen MR) is 82.6 cm³/mol. The van der Waals surface area contributed by atoms with Gasteiger partial charge in [0.15, 0.2) is 0 Å². The number of halogens is 1. The van der Waals surface area contributed by atoms with Crippen molar-refractivity contribution in [2.45, 2.75) is 13.2 Å². The third-order valence-corrected chi connectivity index (χ3v) is 3.66. The van der Waals surface area contributed by atoms with E-state index >= 15 is 0 Å². The number of aliphatic hydroxyl groups excluding tert-OH is 1. The molecule has 0 saturated carbocycles. The molecule has 0 fully saturated rings. The van der Waals surface area contributed by atoms with Gasteiger partial charge in [-0.05, 0) is 34.1 Å². The van der Waals surface area contributed by atoms with E-state index in [4.69, 9.17) is 0 Å². The molecule has 2 N–H and O–H groups in total. The molecule has 2 aromatic heterocycles. The van der Waals surface area contributed by atoms with Gasteiger partial charge in [-0.25, -0.2) is 4.98 Å². The minimum atomic E-state index is 0.0296. The Bertz CT molecular complexity index is 739. The number of pyridine rings is 1. The van der Waals surface area contributed by atoms with Crippen molar-refractivity contribution in [2.24, 2.45) is 0 Å². The molecule has 0 bridgehead atoms. The van der Waals surface area contributed by atoms with Crippen molar-refractivity contribution in [3.8, 4) is 0 Å². The number of hydrogen-bond donors (Lipinski definition) is 2. The smallest absolute Gasteiger partial charge is 0.137 e. The largest absolute Gasteiger partial charge is 0.392 e. The average molecular weight is 332 g/mol. The molecular formula is C15H14BrN3O. The Kier molecular flexibility index (Phi) is 3.71. The molecule has 1 aromatic carbocycles. The Morgan fingerprint density at radius 3 is 2.90 bits per heavy atom. The van der Waals surface area contributed by atoms with Crippen molar-refractivity contribution >= 4 is 27.3 Å². The van der Waals surface area contributed by atoms with Crippen LogP contribution >= 0.6 is 15.9 Å². The number of para-hydroxylation sites is 1. The van der Waals surface area contributed by atoms with E-state index in [0.717, 1.165) is 27.1 Å². The molecule has 0 aliphatic carbocycles. The molecule has 0 unspecified atom stereocenters. The van der Waals surface area contributed by atoms with E-state index < -0.39 is 0 Å². The molecule has 3 aromatic rings. The summed E-state index contributed by atoms with van der Waals surface area (Å²) in [6, 6.07) is 11.7. The molecule has 0 saturated heterocycles. The van der Waals surface area contributed by atoms with Crippen LogP contribution in [0.2, 0.25) is 0 Å². The minimum absolute atomic E-state index is 0.0296. The second-order valence-corrected chi connectivity index (χ2v) is 5.41. The third-order valence-electron chi connectivity index (χ3n) is 3.19. The molecule has 5 heteroatoms. The topological polar surface area (TPSA) is 49.6 Å². The molecule has 20 heavy (non-hydrogen) atoms. The number of fused-ring (bicyclic) bond motifs is 1. The van der Waals surface area contributed by atoms with Crippen molar-refractivity contribution in [3.63, 3.8) is 0 Å². The fourth-order valence-electron chi connectivity index (χ4n) is 2.15. The Balaban J connectivity index is 1.85. The van der Waals surface area contributed by atoms with E-state index in [1.54, 1.807) is 0 Å². The fourth-order valence-corrected chi connectivity index (χ4v) is 2.49. The summed E-state index contributed by atoms with van der Waals surface area (Å²) in [6.07, 6.45) is 3.85. The van der Waals surface area contributed by atoms with Gasteiger partial charge < -0.3 is 14.8 Å². The standard InChI is InChI=1S/C15H14BrN3O/c16-12-5-6-15-18-8-13(19(15)9-12)7-17-14-4-2-1-3-11(14)10-20/h1-6,8-9,17,20H,7,10H2. The summed E-state index contributed by atoms with van der Waals surface area (Å²) in [5, 5.41) is 12.7. The summed E-state index contributed by atoms with van der Waals surface area (Å²) in [5.74, 6) is 0. The van der Waals surface area contributed by atoms with Crippen LogP contribution in [0.15, 0.2) is 53.3 Å². The molecule has 0 amide bonds. The maximum absolute atomic E-state index is 9.32. The van der Waals surface area contributed by atoms with Gasteiger partial charge in [-0.3, -0.25) is 0 Å². The van der Waals surface area contributed by atoms with Crippen LogP contribution in [0.3, 0.4) is 0 Å². The minimum Gasteiger partial charge on any atom is -0.392 e. The first kappa shape index (κ1) is 13.1. The molecule has 2 heterocycles. The molecular weight excluding hydrogens is 318 g/mol. The SMILES string of the molecule is OCc1ccccc1NCc1cnc2ccc(Br)cn12. The first-order chi connectivity index (χ1) is 9.78. The highest BCUT2D eigenvalue weighted by atomic mass is 79.9. The first-order valence-electron chi connectivity index (χ1n) is 6.32. The lowest BCUT2D eigenvalue weighted by Crippen LogP contribution is -2.04. The number of aliphatic hydroxyl groups is 1. The highest BCUT2D eigenvalue weighted by Crippen LogP contribution is 2.18. The van der Waals surface area contributed by atoms with Gasteiger partial charge in [-0.15, -0.1) is 0 Å². The number of aromatic nitrogens is 2. The van der Waals surface area contributed by atoms with Gasteiger partial charge in [-0.1, -0.05) is 18.2 Å². The van der Waals surface area contributed by atoms with Crippen molar-refractivity contribution in [1.29, 1.82) is 0 Å². The second kappa shape index (κ2) is 5.64. The third kappa shape index (κ3) is 2.55. The molecule has 3 rings (SSSR count). The highest BCUT2D eigenvalue weighted by Gasteiger charge is 2.05. The first-order valence-corrected chi connectivity index (χ1v) is 7.11. The number of nitrogens with zero attached hydrogens (tertiary/aromatic N) is 2. The van der Waals surface area contributed by atoms with Gasteiger partial charge >= 0.3 is 0 Å². The van der Waals surface area contributed by atoms with Crippen LogP contribution in [0.25, 0.3) is 5.65 Å². The average Bonchev–Trinajstić information content (AvgIpc) is 2.87. The zero-order valence-corrected chi connectivity index (χ0v) is 12.3. The van der Waals surface area contributed by atoms with E-state index in [2.05, 4.69) is 26.2 Å². The summed E-state index contributed by atoms with van der Waals surface area (Å²) in [4.78, 5) is 4.37. The van der Waals surface area contributed by atoms with Crippen LogP contribution in [0.1, 0.15) is 11.3 Å². The van der Waals surface area contributed by atoms with Crippen molar-refractivity contribution in [3.05, 3.63) is 64.5 Å². The maximum atomic E-state index is 9.32. The Morgan fingerprint density at radius 1 is 1.20 bits per heavy atom. The van der Waals surface area contributed by atoms with E-state index in [1.807, 2.05) is 53.2 Å². The van der Waals surface area contributed by atoms with Crippen molar-refractivity contribution in [2.75, 3.05) is 5.32 Å². The summed E-state index contributed by atoms with van der Waals surface area (Å²) >= 11 is 3.47. The molecule has 4 nitrogen and oxygen atoms in total. The normalized spacial score (nSPS) is 10.9. The Hall–Kier alpha value is -1.85. The number of anilines is 1. The quantitative estimate of drug-likeness (QED) is 0.771. The Labute approximate surface area is 125 Å². The number of benzene rings is 1. The molecule has 0 aliphatic heterocycles. The van der Waals surface area contributed by atoms with Crippen LogP contribution in [0.4, 0.5) is 5.69 Å². The van der Waals surface area contributed by atoms with E-state index in [0.29, 0.717) is 6.54 Å². The molecule has 0 spiro atoms. The maximum Gasteiger partial charge on any atom is 0.137 e. The second-order valence-electron chi connectivity index (χ2n) is 4.49. The van der Waals surface area contributed by atoms with Gasteiger partial charge in [0.25, 0.3) is 0 Å². The zero-order valence-electron chi connectivity index (χ0n) is 10.8. The zero-order chi connectivity index (χ0) is 13.9. The van der Waals surface area contributed by atoms with Crippen molar-refractivity contribution < 1.29 is 5.11 Å². The lowest BCUT2D eigenvalue weighted by atomic mass is 10.2. The van der Waals surface area contributed by atoms with Gasteiger partial charge in [0.05, 0.1) is 25.0 Å². The van der Waals surface area contributed by atoms with Gasteiger partial charge in [0.2, 0.25) is 0 Å². The lowest BCUT2D eigenvalue weighted by molar-refractivity contribution is 0.282. The van der Waals surface area contributed by atoms with Crippen LogP contribution in [-0.4, -0.2) is 14.5 Å². The molecule has 0 atom stereocenters. The van der Waals surface area contributed by atoms with Crippen LogP contribution in [0, 0.1) is 0 Å². The number of rotatable bonds is 4. The molecule has 0 radical (unpaired) electrons. The highest BCUT2D eigenvalue weighted by molar-refractivity contribution is 9.10. The predicted octanol–water partition coefficient (Wildman–Crippen LogP) is 3.20. The fraction of sp³-hybridized carbons (Fsp3) is 0.133. The van der Waals surface area contributed by atoms with Crippen LogP contribution < -0.4 is 5.32 Å². The van der Waals surface area contributed by atoms with Gasteiger partial charge in [0.1, 0.15) is 5.65 Å². The number of hydrogen-bond acceptors (Lipinski definition) is 3. The van der Waals surface area contributed by atoms with Gasteiger partial charge in [0, 0.05) is 21.9 Å².